The summed E-state index contributed by atoms with van der Waals surface area (Å²) in [4.78, 5) is 39.9. The Morgan fingerprint density at radius 3 is 2.55 bits per heavy atom. The average molecular weight is 415 g/mol. The minimum absolute atomic E-state index is 0.0563. The van der Waals surface area contributed by atoms with Crippen molar-refractivity contribution >= 4 is 35.1 Å². The second-order valence-electron chi connectivity index (χ2n) is 7.43. The van der Waals surface area contributed by atoms with Crippen molar-refractivity contribution < 1.29 is 29.9 Å². The van der Waals surface area contributed by atoms with E-state index in [0.717, 1.165) is 4.90 Å². The lowest BCUT2D eigenvalue weighted by molar-refractivity contribution is -0.739. The number of halogens is 1. The van der Waals surface area contributed by atoms with Gasteiger partial charge in [-0.25, -0.2) is 4.90 Å². The summed E-state index contributed by atoms with van der Waals surface area (Å²) in [6.07, 6.45) is 0.0863. The first kappa shape index (κ1) is 19.4. The molecule has 2 heterocycles. The molecule has 0 spiro atoms. The van der Waals surface area contributed by atoms with Crippen molar-refractivity contribution in [3.05, 3.63) is 59.1 Å². The molecule has 2 aromatic rings. The third kappa shape index (κ3) is 2.73. The number of phenolic OH excluding ortho intramolecular Hbond substituents is 1. The number of carboxylic acid groups (broad SMARTS) is 1. The van der Waals surface area contributed by atoms with Gasteiger partial charge in [0, 0.05) is 11.4 Å². The quantitative estimate of drug-likeness (QED) is 0.701. The van der Waals surface area contributed by atoms with Crippen molar-refractivity contribution in [2.45, 2.75) is 24.9 Å². The number of carboxylic acids is 1. The largest absolute Gasteiger partial charge is 0.544 e. The van der Waals surface area contributed by atoms with Crippen LogP contribution in [0.1, 0.15) is 24.9 Å². The molecule has 2 aliphatic heterocycles. The molecule has 29 heavy (non-hydrogen) atoms. The maximum absolute atomic E-state index is 13.4. The van der Waals surface area contributed by atoms with E-state index in [2.05, 4.69) is 0 Å². The molecule has 0 aliphatic carbocycles. The number of fused-ring (bicyclic) bond motifs is 1. The van der Waals surface area contributed by atoms with E-state index in [9.17, 15) is 24.6 Å². The van der Waals surface area contributed by atoms with Gasteiger partial charge in [0.15, 0.2) is 0 Å². The van der Waals surface area contributed by atoms with Crippen molar-refractivity contribution in [1.29, 1.82) is 0 Å². The predicted octanol–water partition coefficient (Wildman–Crippen LogP) is 0.368. The summed E-state index contributed by atoms with van der Waals surface area (Å²) < 4.78 is 0. The van der Waals surface area contributed by atoms with E-state index in [1.807, 2.05) is 0 Å². The van der Waals surface area contributed by atoms with Gasteiger partial charge in [0.25, 0.3) is 0 Å². The molecule has 0 unspecified atom stereocenters. The first-order valence-corrected chi connectivity index (χ1v) is 9.68. The van der Waals surface area contributed by atoms with Crippen LogP contribution in [0.4, 0.5) is 5.69 Å². The molecule has 2 aliphatic rings. The van der Waals surface area contributed by atoms with Crippen LogP contribution in [-0.2, 0) is 14.4 Å². The number of nitrogens with two attached hydrogens (primary N) is 1. The smallest absolute Gasteiger partial charge is 0.244 e. The lowest BCUT2D eigenvalue weighted by atomic mass is 9.78. The number of amides is 2. The molecule has 0 saturated carbocycles. The zero-order chi connectivity index (χ0) is 20.9. The third-order valence-electron chi connectivity index (χ3n) is 6.10. The van der Waals surface area contributed by atoms with Crippen LogP contribution >= 0.6 is 11.6 Å². The fourth-order valence-corrected chi connectivity index (χ4v) is 4.91. The number of hydrogen-bond donors (Lipinski definition) is 2. The number of aliphatic carboxylic acids is 1. The fourth-order valence-electron chi connectivity index (χ4n) is 4.72. The first-order valence-electron chi connectivity index (χ1n) is 9.30. The number of carbonyl (C=O) groups excluding carboxylic acids is 3. The molecular weight excluding hydrogens is 396 g/mol. The normalized spacial score (nSPS) is 28.6. The third-order valence-corrected chi connectivity index (χ3v) is 6.33. The summed E-state index contributed by atoms with van der Waals surface area (Å²) >= 11 is 6.03. The van der Waals surface area contributed by atoms with E-state index in [4.69, 9.17) is 11.6 Å². The van der Waals surface area contributed by atoms with Crippen LogP contribution in [-0.4, -0.2) is 28.4 Å². The molecule has 8 heteroatoms. The predicted molar refractivity (Wildman–Crippen MR) is 102 cm³/mol. The van der Waals surface area contributed by atoms with Crippen molar-refractivity contribution in [3.63, 3.8) is 0 Å². The molecule has 3 N–H and O–H groups in total. The SMILES string of the molecule is CC[C@@]1(C(=O)[O-])[NH2+][C@@H](c2ccccc2O)[C@H]2C(=O)N(c3cccc(Cl)c3)C(=O)[C@@H]21. The first-order chi connectivity index (χ1) is 13.8. The summed E-state index contributed by atoms with van der Waals surface area (Å²) in [7, 11) is 0. The summed E-state index contributed by atoms with van der Waals surface area (Å²) in [6.45, 7) is 1.65. The highest BCUT2D eigenvalue weighted by atomic mass is 35.5. The van der Waals surface area contributed by atoms with Crippen LogP contribution in [0, 0.1) is 11.8 Å². The highest BCUT2D eigenvalue weighted by Gasteiger charge is 2.69. The Hall–Kier alpha value is -2.90. The van der Waals surface area contributed by atoms with E-state index in [1.54, 1.807) is 43.3 Å². The van der Waals surface area contributed by atoms with Gasteiger partial charge >= 0.3 is 0 Å². The van der Waals surface area contributed by atoms with E-state index >= 15 is 0 Å². The number of anilines is 1. The molecule has 2 amide bonds. The van der Waals surface area contributed by atoms with Crippen molar-refractivity contribution in [3.8, 4) is 5.75 Å². The average Bonchev–Trinajstić information content (AvgIpc) is 3.17. The molecule has 0 aromatic heterocycles. The summed E-state index contributed by atoms with van der Waals surface area (Å²) in [6, 6.07) is 12.0. The molecule has 0 radical (unpaired) electrons. The molecule has 150 valence electrons. The molecule has 7 nitrogen and oxygen atoms in total. The van der Waals surface area contributed by atoms with Gasteiger partial charge < -0.3 is 20.3 Å². The van der Waals surface area contributed by atoms with E-state index in [1.165, 1.54) is 17.4 Å². The lowest BCUT2D eigenvalue weighted by Crippen LogP contribution is -2.99. The summed E-state index contributed by atoms with van der Waals surface area (Å²) in [5.74, 6) is -4.63. The van der Waals surface area contributed by atoms with Gasteiger partial charge in [0.2, 0.25) is 11.8 Å². The number of hydrogen-bond acceptors (Lipinski definition) is 5. The van der Waals surface area contributed by atoms with Crippen molar-refractivity contribution in [2.75, 3.05) is 4.90 Å². The Morgan fingerprint density at radius 2 is 1.93 bits per heavy atom. The Kier molecular flexibility index (Phi) is 4.59. The monoisotopic (exact) mass is 414 g/mol. The Morgan fingerprint density at radius 1 is 1.21 bits per heavy atom. The summed E-state index contributed by atoms with van der Waals surface area (Å²) in [5.41, 5.74) is -0.910. The van der Waals surface area contributed by atoms with E-state index in [-0.39, 0.29) is 12.2 Å². The van der Waals surface area contributed by atoms with Crippen LogP contribution in [0.3, 0.4) is 0 Å². The van der Waals surface area contributed by atoms with Gasteiger partial charge in [-0.05, 0) is 30.3 Å². The van der Waals surface area contributed by atoms with Gasteiger partial charge in [0.05, 0.1) is 11.3 Å². The number of para-hydroxylation sites is 1. The molecule has 2 aromatic carbocycles. The van der Waals surface area contributed by atoms with Crippen LogP contribution in [0.2, 0.25) is 5.02 Å². The number of rotatable bonds is 4. The molecular formula is C21H19ClN2O5. The zero-order valence-electron chi connectivity index (χ0n) is 15.5. The number of aromatic hydroxyl groups is 1. The van der Waals surface area contributed by atoms with Crippen molar-refractivity contribution in [2.24, 2.45) is 11.8 Å². The Balaban J connectivity index is 1.88. The Labute approximate surface area is 171 Å². The second-order valence-corrected chi connectivity index (χ2v) is 7.86. The molecule has 2 fully saturated rings. The van der Waals surface area contributed by atoms with Crippen LogP contribution in [0.5, 0.6) is 5.75 Å². The number of phenols is 1. The lowest BCUT2D eigenvalue weighted by Gasteiger charge is -2.31. The maximum Gasteiger partial charge on any atom is 0.244 e. The molecule has 4 atom stereocenters. The number of benzene rings is 2. The topological polar surface area (TPSA) is 114 Å². The van der Waals surface area contributed by atoms with Gasteiger partial charge in [0.1, 0.15) is 35.1 Å². The van der Waals surface area contributed by atoms with Crippen LogP contribution in [0.25, 0.3) is 0 Å². The van der Waals surface area contributed by atoms with Gasteiger partial charge in [-0.15, -0.1) is 0 Å². The molecule has 2 saturated heterocycles. The number of imide groups is 1. The fraction of sp³-hybridized carbons (Fsp3) is 0.286. The summed E-state index contributed by atoms with van der Waals surface area (Å²) in [5, 5.41) is 24.4. The van der Waals surface area contributed by atoms with Crippen LogP contribution in [0.15, 0.2) is 48.5 Å². The minimum atomic E-state index is -1.61. The minimum Gasteiger partial charge on any atom is -0.544 e. The maximum atomic E-state index is 13.4. The zero-order valence-corrected chi connectivity index (χ0v) is 16.3. The number of nitrogens with zero attached hydrogens (tertiary/aromatic N) is 1. The molecule has 0 bridgehead atoms. The number of quaternary nitrogens is 1. The van der Waals surface area contributed by atoms with Gasteiger partial charge in [-0.2, -0.15) is 0 Å². The van der Waals surface area contributed by atoms with E-state index in [0.29, 0.717) is 16.3 Å². The van der Waals surface area contributed by atoms with Crippen LogP contribution < -0.4 is 15.3 Å². The number of carbonyl (C=O) groups is 3. The highest BCUT2D eigenvalue weighted by Crippen LogP contribution is 2.47. The Bertz CT molecular complexity index is 1030. The second kappa shape index (κ2) is 6.86. The van der Waals surface area contributed by atoms with Crippen molar-refractivity contribution in [1.82, 2.24) is 0 Å². The molecule has 4 rings (SSSR count). The van der Waals surface area contributed by atoms with Gasteiger partial charge in [-0.1, -0.05) is 36.7 Å². The van der Waals surface area contributed by atoms with Gasteiger partial charge in [-0.3, -0.25) is 9.59 Å². The highest BCUT2D eigenvalue weighted by molar-refractivity contribution is 6.31. The standard InChI is InChI=1S/C21H19ClN2O5/c1-2-21(20(28)29)16-15(17(23-21)13-8-3-4-9-14(13)25)18(26)24(19(16)27)12-7-5-6-11(22)10-12/h3-10,15-17,23,25H,2H2,1H3,(H,28,29)/t15-,16+,17-,21+/m0/s1. The van der Waals surface area contributed by atoms with E-state index < -0.39 is 41.2 Å².